The van der Waals surface area contributed by atoms with Gasteiger partial charge in [-0.1, -0.05) is 56.5 Å². The second-order valence-corrected chi connectivity index (χ2v) is 9.96. The Bertz CT molecular complexity index is 1360. The molecule has 1 saturated carbocycles. The summed E-state index contributed by atoms with van der Waals surface area (Å²) in [6, 6.07) is 18.7. The van der Waals surface area contributed by atoms with Crippen LogP contribution in [0, 0.1) is 0 Å². The maximum atomic E-state index is 13.2. The Kier molecular flexibility index (Phi) is 7.94. The summed E-state index contributed by atoms with van der Waals surface area (Å²) in [4.78, 5) is 18.8. The van der Waals surface area contributed by atoms with E-state index in [1.807, 2.05) is 35.0 Å². The van der Waals surface area contributed by atoms with Gasteiger partial charge >= 0.3 is 0 Å². The quantitative estimate of drug-likeness (QED) is 0.328. The zero-order valence-electron chi connectivity index (χ0n) is 21.8. The molecule has 0 amide bonds. The summed E-state index contributed by atoms with van der Waals surface area (Å²) in [6.45, 7) is 3.47. The fraction of sp³-hybridized carbons (Fsp3) is 0.448. The number of hydrogen-bond acceptors (Lipinski definition) is 6. The fourth-order valence-electron chi connectivity index (χ4n) is 5.63. The van der Waals surface area contributed by atoms with Gasteiger partial charge in [0.05, 0.1) is 18.7 Å². The van der Waals surface area contributed by atoms with Crippen LogP contribution in [-0.2, 0) is 19.5 Å². The van der Waals surface area contributed by atoms with Crippen molar-refractivity contribution in [2.45, 2.75) is 77.0 Å². The maximum absolute atomic E-state index is 13.2. The van der Waals surface area contributed by atoms with Crippen molar-refractivity contribution in [3.05, 3.63) is 81.9 Å². The standard InChI is InChI=1S/C29H36N6O2/c1-3-27(28-31-32-33-35(28)17-16-21-10-6-4-7-11-21)34(24-12-8-5-9-13-24)20-23-18-22-14-15-25(37-2)19-26(22)30-29(23)36/h4,6-7,10-11,14-15,18-19,24,27H,3,5,8-9,12-13,16-17,20H2,1-2H3,(H,30,36). The minimum atomic E-state index is -0.0555. The highest BCUT2D eigenvalue weighted by Crippen LogP contribution is 2.33. The van der Waals surface area contributed by atoms with Crippen LogP contribution in [0.2, 0.25) is 0 Å². The van der Waals surface area contributed by atoms with Crippen molar-refractivity contribution in [2.24, 2.45) is 0 Å². The van der Waals surface area contributed by atoms with E-state index in [0.29, 0.717) is 12.6 Å². The molecule has 0 saturated heterocycles. The zero-order valence-corrected chi connectivity index (χ0v) is 21.8. The Morgan fingerprint density at radius 3 is 2.68 bits per heavy atom. The van der Waals surface area contributed by atoms with Crippen molar-refractivity contribution in [3.63, 3.8) is 0 Å². The van der Waals surface area contributed by atoms with Gasteiger partial charge in [0, 0.05) is 30.8 Å². The number of fused-ring (bicyclic) bond motifs is 1. The average Bonchev–Trinajstić information content (AvgIpc) is 3.41. The second kappa shape index (κ2) is 11.7. The smallest absolute Gasteiger partial charge is 0.252 e. The summed E-state index contributed by atoms with van der Waals surface area (Å²) in [5.74, 6) is 1.61. The molecule has 37 heavy (non-hydrogen) atoms. The van der Waals surface area contributed by atoms with Crippen molar-refractivity contribution >= 4 is 10.9 Å². The lowest BCUT2D eigenvalue weighted by Gasteiger charge is -2.39. The van der Waals surface area contributed by atoms with Crippen molar-refractivity contribution in [2.75, 3.05) is 7.11 Å². The van der Waals surface area contributed by atoms with Gasteiger partial charge in [0.25, 0.3) is 5.56 Å². The van der Waals surface area contributed by atoms with Gasteiger partial charge in [-0.15, -0.1) is 5.10 Å². The molecule has 1 unspecified atom stereocenters. The summed E-state index contributed by atoms with van der Waals surface area (Å²) in [6.07, 6.45) is 7.69. The summed E-state index contributed by atoms with van der Waals surface area (Å²) in [5.41, 5.74) is 2.76. The van der Waals surface area contributed by atoms with Crippen molar-refractivity contribution in [1.82, 2.24) is 30.1 Å². The third kappa shape index (κ3) is 5.74. The van der Waals surface area contributed by atoms with Crippen LogP contribution in [0.25, 0.3) is 10.9 Å². The first-order chi connectivity index (χ1) is 18.2. The highest BCUT2D eigenvalue weighted by Gasteiger charge is 2.32. The topological polar surface area (TPSA) is 88.9 Å². The zero-order chi connectivity index (χ0) is 25.6. The number of rotatable bonds is 10. The number of H-pyrrole nitrogens is 1. The Hall–Kier alpha value is -3.52. The van der Waals surface area contributed by atoms with Gasteiger partial charge < -0.3 is 9.72 Å². The molecule has 8 nitrogen and oxygen atoms in total. The van der Waals surface area contributed by atoms with Gasteiger partial charge in [-0.3, -0.25) is 9.69 Å². The maximum Gasteiger partial charge on any atom is 0.252 e. The minimum absolute atomic E-state index is 0.0276. The van der Waals surface area contributed by atoms with E-state index in [0.717, 1.165) is 60.3 Å². The molecular formula is C29H36N6O2. The molecule has 0 bridgehead atoms. The predicted molar refractivity (Wildman–Crippen MR) is 145 cm³/mol. The number of aromatic nitrogens is 5. The lowest BCUT2D eigenvalue weighted by Crippen LogP contribution is -2.41. The molecule has 1 atom stereocenters. The third-order valence-corrected chi connectivity index (χ3v) is 7.63. The molecule has 8 heteroatoms. The molecule has 2 aromatic heterocycles. The lowest BCUT2D eigenvalue weighted by molar-refractivity contribution is 0.0841. The molecule has 1 N–H and O–H groups in total. The molecule has 1 aliphatic rings. The number of hydrogen-bond donors (Lipinski definition) is 1. The second-order valence-electron chi connectivity index (χ2n) is 9.96. The van der Waals surface area contributed by atoms with E-state index in [1.165, 1.54) is 24.8 Å². The number of pyridine rings is 1. The molecule has 1 fully saturated rings. The Balaban J connectivity index is 1.45. The van der Waals surface area contributed by atoms with E-state index in [9.17, 15) is 4.79 Å². The highest BCUT2D eigenvalue weighted by atomic mass is 16.5. The summed E-state index contributed by atoms with van der Waals surface area (Å²) in [7, 11) is 1.63. The number of ether oxygens (including phenoxy) is 1. The number of methoxy groups -OCH3 is 1. The van der Waals surface area contributed by atoms with Crippen molar-refractivity contribution in [1.29, 1.82) is 0 Å². The van der Waals surface area contributed by atoms with Gasteiger partial charge in [0.15, 0.2) is 5.82 Å². The van der Waals surface area contributed by atoms with E-state index in [4.69, 9.17) is 4.74 Å². The first kappa shape index (κ1) is 25.1. The lowest BCUT2D eigenvalue weighted by atomic mass is 9.92. The summed E-state index contributed by atoms with van der Waals surface area (Å²) in [5, 5.41) is 13.9. The third-order valence-electron chi connectivity index (χ3n) is 7.63. The first-order valence-corrected chi connectivity index (χ1v) is 13.4. The van der Waals surface area contributed by atoms with Crippen LogP contribution in [0.15, 0.2) is 59.4 Å². The van der Waals surface area contributed by atoms with E-state index in [1.54, 1.807) is 7.11 Å². The molecule has 194 valence electrons. The van der Waals surface area contributed by atoms with Crippen LogP contribution in [-0.4, -0.2) is 43.2 Å². The normalized spacial score (nSPS) is 15.3. The molecule has 2 aromatic carbocycles. The van der Waals surface area contributed by atoms with E-state index in [2.05, 4.69) is 56.6 Å². The Labute approximate surface area is 217 Å². The number of aromatic amines is 1. The van der Waals surface area contributed by atoms with E-state index < -0.39 is 0 Å². The molecule has 0 radical (unpaired) electrons. The van der Waals surface area contributed by atoms with Gasteiger partial charge in [0.1, 0.15) is 5.75 Å². The number of tetrazole rings is 1. The van der Waals surface area contributed by atoms with E-state index in [-0.39, 0.29) is 11.6 Å². The van der Waals surface area contributed by atoms with E-state index >= 15 is 0 Å². The van der Waals surface area contributed by atoms with Gasteiger partial charge in [-0.05, 0) is 65.3 Å². The van der Waals surface area contributed by atoms with Crippen molar-refractivity contribution in [3.8, 4) is 5.75 Å². The summed E-state index contributed by atoms with van der Waals surface area (Å²) >= 11 is 0. The number of benzene rings is 2. The summed E-state index contributed by atoms with van der Waals surface area (Å²) < 4.78 is 7.28. The minimum Gasteiger partial charge on any atom is -0.497 e. The molecule has 1 aliphatic carbocycles. The number of nitrogens with one attached hydrogen (secondary N) is 1. The van der Waals surface area contributed by atoms with Crippen LogP contribution >= 0.6 is 0 Å². The van der Waals surface area contributed by atoms with Crippen LogP contribution in [0.4, 0.5) is 0 Å². The molecule has 2 heterocycles. The Morgan fingerprint density at radius 1 is 1.11 bits per heavy atom. The fourth-order valence-corrected chi connectivity index (χ4v) is 5.63. The van der Waals surface area contributed by atoms with Crippen LogP contribution in [0.5, 0.6) is 5.75 Å². The Morgan fingerprint density at radius 2 is 1.92 bits per heavy atom. The van der Waals surface area contributed by atoms with Crippen LogP contribution in [0.1, 0.15) is 68.4 Å². The average molecular weight is 501 g/mol. The molecule has 0 aliphatic heterocycles. The van der Waals surface area contributed by atoms with Gasteiger partial charge in [0.2, 0.25) is 0 Å². The molecule has 4 aromatic rings. The monoisotopic (exact) mass is 500 g/mol. The van der Waals surface area contributed by atoms with Crippen LogP contribution in [0.3, 0.4) is 0 Å². The first-order valence-electron chi connectivity index (χ1n) is 13.4. The molecule has 5 rings (SSSR count). The largest absolute Gasteiger partial charge is 0.497 e. The predicted octanol–water partition coefficient (Wildman–Crippen LogP) is 5.05. The van der Waals surface area contributed by atoms with Crippen LogP contribution < -0.4 is 10.3 Å². The SMILES string of the molecule is CCC(c1nnnn1CCc1ccccc1)N(Cc1cc2ccc(OC)cc2[nH]c1=O)C1CCCCC1. The number of nitrogens with zero attached hydrogens (tertiary/aromatic N) is 5. The molecule has 0 spiro atoms. The van der Waals surface area contributed by atoms with Gasteiger partial charge in [-0.25, -0.2) is 4.68 Å². The number of aryl methyl sites for hydroxylation is 2. The van der Waals surface area contributed by atoms with Gasteiger partial charge in [-0.2, -0.15) is 0 Å². The van der Waals surface area contributed by atoms with Crippen molar-refractivity contribution < 1.29 is 4.74 Å². The molecular weight excluding hydrogens is 464 g/mol. The highest BCUT2D eigenvalue weighted by molar-refractivity contribution is 5.80.